The Morgan fingerprint density at radius 3 is 2.43 bits per heavy atom. The first kappa shape index (κ1) is 21.8. The minimum atomic E-state index is -0.289. The number of amides is 1. The number of ether oxygens (including phenoxy) is 2. The number of thiocarbonyl (C=S) groups is 1. The molecule has 0 fully saturated rings. The fourth-order valence-electron chi connectivity index (χ4n) is 2.59. The van der Waals surface area contributed by atoms with Gasteiger partial charge in [-0.2, -0.15) is 0 Å². The van der Waals surface area contributed by atoms with Crippen LogP contribution in [0.5, 0.6) is 11.5 Å². The van der Waals surface area contributed by atoms with Crippen LogP contribution in [-0.4, -0.2) is 24.2 Å². The third-order valence-corrected chi connectivity index (χ3v) is 5.21. The second-order valence-electron chi connectivity index (χ2n) is 6.38. The molecule has 0 aliphatic rings. The van der Waals surface area contributed by atoms with Gasteiger partial charge in [-0.25, -0.2) is 0 Å². The van der Waals surface area contributed by atoms with E-state index in [2.05, 4.69) is 26.6 Å². The predicted molar refractivity (Wildman–Crippen MR) is 126 cm³/mol. The van der Waals surface area contributed by atoms with Crippen LogP contribution in [0.3, 0.4) is 0 Å². The number of para-hydroxylation sites is 3. The van der Waals surface area contributed by atoms with Crippen LogP contribution in [0.25, 0.3) is 0 Å². The molecule has 5 nitrogen and oxygen atoms in total. The molecule has 0 bridgehead atoms. The highest BCUT2D eigenvalue weighted by atomic mass is 79.9. The van der Waals surface area contributed by atoms with Crippen molar-refractivity contribution in [3.63, 3.8) is 0 Å². The highest BCUT2D eigenvalue weighted by Crippen LogP contribution is 2.24. The summed E-state index contributed by atoms with van der Waals surface area (Å²) in [6.07, 6.45) is 0. The van der Waals surface area contributed by atoms with Crippen molar-refractivity contribution < 1.29 is 14.3 Å². The fraction of sp³-hybridized carbons (Fsp3) is 0.130. The van der Waals surface area contributed by atoms with Gasteiger partial charge in [0.05, 0.1) is 5.69 Å². The third kappa shape index (κ3) is 6.30. The summed E-state index contributed by atoms with van der Waals surface area (Å²) in [5.74, 6) is 1.12. The Balaban J connectivity index is 1.53. The largest absolute Gasteiger partial charge is 0.490 e. The number of rotatable bonds is 7. The van der Waals surface area contributed by atoms with Crippen LogP contribution in [0.1, 0.15) is 15.9 Å². The lowest BCUT2D eigenvalue weighted by atomic mass is 10.1. The average molecular weight is 485 g/mol. The van der Waals surface area contributed by atoms with Crippen LogP contribution >= 0.6 is 28.1 Å². The van der Waals surface area contributed by atoms with E-state index in [0.717, 1.165) is 15.8 Å². The van der Waals surface area contributed by atoms with Crippen LogP contribution < -0.4 is 20.1 Å². The molecule has 0 atom stereocenters. The Kier molecular flexibility index (Phi) is 7.82. The molecule has 7 heteroatoms. The Bertz CT molecular complexity index is 1030. The molecule has 0 saturated heterocycles. The van der Waals surface area contributed by atoms with E-state index in [0.29, 0.717) is 30.2 Å². The second kappa shape index (κ2) is 10.8. The summed E-state index contributed by atoms with van der Waals surface area (Å²) in [5.41, 5.74) is 2.22. The van der Waals surface area contributed by atoms with Gasteiger partial charge in [0.1, 0.15) is 24.7 Å². The molecule has 0 saturated carbocycles. The van der Waals surface area contributed by atoms with Crippen molar-refractivity contribution in [2.24, 2.45) is 0 Å². The second-order valence-corrected chi connectivity index (χ2v) is 7.64. The maximum atomic E-state index is 12.4. The van der Waals surface area contributed by atoms with Gasteiger partial charge in [-0.3, -0.25) is 10.1 Å². The van der Waals surface area contributed by atoms with Gasteiger partial charge in [0.15, 0.2) is 5.11 Å². The maximum Gasteiger partial charge on any atom is 0.257 e. The van der Waals surface area contributed by atoms with E-state index >= 15 is 0 Å². The quantitative estimate of drug-likeness (QED) is 0.350. The molecule has 154 valence electrons. The topological polar surface area (TPSA) is 59.6 Å². The molecule has 0 aliphatic heterocycles. The van der Waals surface area contributed by atoms with Gasteiger partial charge in [-0.1, -0.05) is 52.3 Å². The van der Waals surface area contributed by atoms with Crippen molar-refractivity contribution in [2.45, 2.75) is 6.92 Å². The molecule has 0 aromatic heterocycles. The molecule has 0 radical (unpaired) electrons. The fourth-order valence-corrected chi connectivity index (χ4v) is 3.17. The molecule has 0 aliphatic carbocycles. The molecule has 0 unspecified atom stereocenters. The lowest BCUT2D eigenvalue weighted by Gasteiger charge is -2.15. The molecule has 3 aromatic rings. The first-order valence-electron chi connectivity index (χ1n) is 9.31. The first-order chi connectivity index (χ1) is 14.5. The Morgan fingerprint density at radius 2 is 1.67 bits per heavy atom. The molecule has 0 spiro atoms. The average Bonchev–Trinajstić information content (AvgIpc) is 2.75. The summed E-state index contributed by atoms with van der Waals surface area (Å²) >= 11 is 8.73. The number of halogens is 1. The van der Waals surface area contributed by atoms with Crippen LogP contribution in [0.2, 0.25) is 0 Å². The van der Waals surface area contributed by atoms with Crippen molar-refractivity contribution in [1.82, 2.24) is 5.32 Å². The number of carbonyl (C=O) groups excluding carboxylic acids is 1. The summed E-state index contributed by atoms with van der Waals surface area (Å²) in [5, 5.41) is 5.89. The van der Waals surface area contributed by atoms with Gasteiger partial charge in [0.2, 0.25) is 0 Å². The van der Waals surface area contributed by atoms with Gasteiger partial charge in [0.25, 0.3) is 5.91 Å². The van der Waals surface area contributed by atoms with E-state index < -0.39 is 0 Å². The number of anilines is 1. The SMILES string of the molecule is Cc1ccc(C(=O)NC(=S)Nc2ccccc2OCCOc2ccccc2)cc1Br. The summed E-state index contributed by atoms with van der Waals surface area (Å²) in [6.45, 7) is 2.73. The van der Waals surface area contributed by atoms with E-state index in [-0.39, 0.29) is 11.0 Å². The minimum Gasteiger partial charge on any atom is -0.490 e. The summed E-state index contributed by atoms with van der Waals surface area (Å²) < 4.78 is 12.3. The summed E-state index contributed by atoms with van der Waals surface area (Å²) in [7, 11) is 0. The molecular weight excluding hydrogens is 464 g/mol. The molecule has 30 heavy (non-hydrogen) atoms. The standard InChI is InChI=1S/C23H21BrN2O3S/c1-16-11-12-17(15-19(16)24)22(27)26-23(30)25-20-9-5-6-10-21(20)29-14-13-28-18-7-3-2-4-8-18/h2-12,15H,13-14H2,1H3,(H2,25,26,27,30). The number of nitrogens with one attached hydrogen (secondary N) is 2. The number of carbonyl (C=O) groups is 1. The van der Waals surface area contributed by atoms with Gasteiger partial charge in [-0.15, -0.1) is 0 Å². The Labute approximate surface area is 189 Å². The predicted octanol–water partition coefficient (Wildman–Crippen LogP) is 5.34. The van der Waals surface area contributed by atoms with Crippen LogP contribution in [-0.2, 0) is 0 Å². The zero-order chi connectivity index (χ0) is 21.3. The molecule has 2 N–H and O–H groups in total. The highest BCUT2D eigenvalue weighted by Gasteiger charge is 2.11. The third-order valence-electron chi connectivity index (χ3n) is 4.15. The monoisotopic (exact) mass is 484 g/mol. The van der Waals surface area contributed by atoms with E-state index in [1.807, 2.05) is 67.6 Å². The van der Waals surface area contributed by atoms with Crippen molar-refractivity contribution in [3.05, 3.63) is 88.4 Å². The Morgan fingerprint density at radius 1 is 0.967 bits per heavy atom. The first-order valence-corrected chi connectivity index (χ1v) is 10.5. The van der Waals surface area contributed by atoms with Crippen LogP contribution in [0.15, 0.2) is 77.3 Å². The number of benzene rings is 3. The molecule has 3 rings (SSSR count). The van der Waals surface area contributed by atoms with Crippen LogP contribution in [0, 0.1) is 6.92 Å². The smallest absolute Gasteiger partial charge is 0.257 e. The minimum absolute atomic E-state index is 0.188. The van der Waals surface area contributed by atoms with Gasteiger partial charge in [-0.05, 0) is 61.1 Å². The highest BCUT2D eigenvalue weighted by molar-refractivity contribution is 9.10. The number of hydrogen-bond donors (Lipinski definition) is 2. The van der Waals surface area contributed by atoms with Crippen LogP contribution in [0.4, 0.5) is 5.69 Å². The van der Waals surface area contributed by atoms with Crippen molar-refractivity contribution >= 4 is 44.9 Å². The molecule has 3 aromatic carbocycles. The zero-order valence-electron chi connectivity index (χ0n) is 16.4. The van der Waals surface area contributed by atoms with Gasteiger partial charge >= 0.3 is 0 Å². The number of aryl methyl sites for hydroxylation is 1. The van der Waals surface area contributed by atoms with Gasteiger partial charge < -0.3 is 14.8 Å². The zero-order valence-corrected chi connectivity index (χ0v) is 18.8. The van der Waals surface area contributed by atoms with E-state index in [1.165, 1.54) is 0 Å². The Hall–Kier alpha value is -2.90. The molecule has 0 heterocycles. The van der Waals surface area contributed by atoms with Crippen molar-refractivity contribution in [2.75, 3.05) is 18.5 Å². The lowest BCUT2D eigenvalue weighted by molar-refractivity contribution is 0.0977. The van der Waals surface area contributed by atoms with Gasteiger partial charge in [0, 0.05) is 10.0 Å². The number of hydrogen-bond acceptors (Lipinski definition) is 4. The normalized spacial score (nSPS) is 10.2. The van der Waals surface area contributed by atoms with Crippen molar-refractivity contribution in [3.8, 4) is 11.5 Å². The molecular formula is C23H21BrN2O3S. The summed E-state index contributed by atoms with van der Waals surface area (Å²) in [6, 6.07) is 22.3. The van der Waals surface area contributed by atoms with E-state index in [1.54, 1.807) is 12.1 Å². The summed E-state index contributed by atoms with van der Waals surface area (Å²) in [4.78, 5) is 12.4. The van der Waals surface area contributed by atoms with E-state index in [4.69, 9.17) is 21.7 Å². The van der Waals surface area contributed by atoms with Crippen molar-refractivity contribution in [1.29, 1.82) is 0 Å². The maximum absolute atomic E-state index is 12.4. The molecule has 1 amide bonds. The van der Waals surface area contributed by atoms with E-state index in [9.17, 15) is 4.79 Å². The lowest BCUT2D eigenvalue weighted by Crippen LogP contribution is -2.34.